The quantitative estimate of drug-likeness (QED) is 0.770. The number of hydrogen-bond acceptors (Lipinski definition) is 4. The summed E-state index contributed by atoms with van der Waals surface area (Å²) >= 11 is 1.89. The molecule has 2 atom stereocenters. The first-order valence-corrected chi connectivity index (χ1v) is 9.29. The molecule has 1 aromatic heterocycles. The van der Waals surface area contributed by atoms with E-state index in [1.54, 1.807) is 0 Å². The van der Waals surface area contributed by atoms with Crippen molar-refractivity contribution < 1.29 is 4.74 Å². The summed E-state index contributed by atoms with van der Waals surface area (Å²) < 4.78 is 5.57. The van der Waals surface area contributed by atoms with Gasteiger partial charge in [0.15, 0.2) is 0 Å². The molecule has 0 aliphatic carbocycles. The Kier molecular flexibility index (Phi) is 5.69. The zero-order valence-electron chi connectivity index (χ0n) is 13.2. The SMILES string of the molecule is CCN1CCC[C@H]1CN(Cc1cccs1)C[C@H]1CCOC1. The molecule has 3 rings (SSSR count). The Balaban J connectivity index is 1.59. The van der Waals surface area contributed by atoms with Crippen molar-refractivity contribution in [2.75, 3.05) is 39.4 Å². The van der Waals surface area contributed by atoms with Crippen molar-refractivity contribution in [3.05, 3.63) is 22.4 Å². The lowest BCUT2D eigenvalue weighted by Crippen LogP contribution is -2.41. The Morgan fingerprint density at radius 1 is 1.38 bits per heavy atom. The average Bonchev–Trinajstić information content (AvgIpc) is 3.20. The van der Waals surface area contributed by atoms with E-state index < -0.39 is 0 Å². The van der Waals surface area contributed by atoms with Gasteiger partial charge in [-0.25, -0.2) is 0 Å². The summed E-state index contributed by atoms with van der Waals surface area (Å²) in [6.07, 6.45) is 3.98. The van der Waals surface area contributed by atoms with Gasteiger partial charge in [0.25, 0.3) is 0 Å². The molecule has 0 bridgehead atoms. The first-order valence-electron chi connectivity index (χ1n) is 8.41. The highest BCUT2D eigenvalue weighted by atomic mass is 32.1. The van der Waals surface area contributed by atoms with Gasteiger partial charge in [0.1, 0.15) is 0 Å². The largest absolute Gasteiger partial charge is 0.381 e. The molecule has 0 aromatic carbocycles. The third-order valence-electron chi connectivity index (χ3n) is 4.87. The molecule has 0 N–H and O–H groups in total. The van der Waals surface area contributed by atoms with Gasteiger partial charge in [0.2, 0.25) is 0 Å². The molecule has 0 spiro atoms. The van der Waals surface area contributed by atoms with Crippen molar-refractivity contribution in [2.45, 2.75) is 38.8 Å². The van der Waals surface area contributed by atoms with E-state index in [1.165, 1.54) is 50.3 Å². The zero-order chi connectivity index (χ0) is 14.5. The maximum absolute atomic E-state index is 5.57. The van der Waals surface area contributed by atoms with Crippen LogP contribution in [0.3, 0.4) is 0 Å². The number of hydrogen-bond donors (Lipinski definition) is 0. The van der Waals surface area contributed by atoms with Gasteiger partial charge in [-0.1, -0.05) is 13.0 Å². The van der Waals surface area contributed by atoms with Crippen LogP contribution in [0.15, 0.2) is 17.5 Å². The second-order valence-corrected chi connectivity index (χ2v) is 7.46. The smallest absolute Gasteiger partial charge is 0.0507 e. The topological polar surface area (TPSA) is 15.7 Å². The Morgan fingerprint density at radius 3 is 3.05 bits per heavy atom. The van der Waals surface area contributed by atoms with Crippen molar-refractivity contribution in [1.82, 2.24) is 9.80 Å². The Bertz CT molecular complexity index is 403. The summed E-state index contributed by atoms with van der Waals surface area (Å²) in [6.45, 7) is 10.2. The second kappa shape index (κ2) is 7.73. The molecule has 2 fully saturated rings. The molecular formula is C17H28N2OS. The first kappa shape index (κ1) is 15.5. The zero-order valence-corrected chi connectivity index (χ0v) is 14.0. The summed E-state index contributed by atoms with van der Waals surface area (Å²) in [6, 6.07) is 5.21. The molecule has 0 unspecified atom stereocenters. The maximum atomic E-state index is 5.57. The fourth-order valence-electron chi connectivity index (χ4n) is 3.74. The molecule has 3 nitrogen and oxygen atoms in total. The Labute approximate surface area is 132 Å². The second-order valence-electron chi connectivity index (χ2n) is 6.43. The van der Waals surface area contributed by atoms with E-state index in [4.69, 9.17) is 4.74 Å². The summed E-state index contributed by atoms with van der Waals surface area (Å²) in [5.74, 6) is 0.737. The van der Waals surface area contributed by atoms with Crippen molar-refractivity contribution in [2.24, 2.45) is 5.92 Å². The van der Waals surface area contributed by atoms with E-state index >= 15 is 0 Å². The maximum Gasteiger partial charge on any atom is 0.0507 e. The van der Waals surface area contributed by atoms with Crippen molar-refractivity contribution in [1.29, 1.82) is 0 Å². The molecule has 2 aliphatic rings. The molecule has 21 heavy (non-hydrogen) atoms. The third-order valence-corrected chi connectivity index (χ3v) is 5.74. The molecular weight excluding hydrogens is 280 g/mol. The van der Waals surface area contributed by atoms with Crippen LogP contribution in [0.2, 0.25) is 0 Å². The predicted molar refractivity (Wildman–Crippen MR) is 88.8 cm³/mol. The summed E-state index contributed by atoms with van der Waals surface area (Å²) in [5, 5.41) is 2.19. The fourth-order valence-corrected chi connectivity index (χ4v) is 4.48. The van der Waals surface area contributed by atoms with Crippen LogP contribution >= 0.6 is 11.3 Å². The Hall–Kier alpha value is -0.420. The van der Waals surface area contributed by atoms with E-state index in [9.17, 15) is 0 Å². The number of nitrogens with zero attached hydrogens (tertiary/aromatic N) is 2. The van der Waals surface area contributed by atoms with Crippen LogP contribution in [0, 0.1) is 5.92 Å². The van der Waals surface area contributed by atoms with E-state index in [-0.39, 0.29) is 0 Å². The van der Waals surface area contributed by atoms with E-state index in [0.29, 0.717) is 0 Å². The third kappa shape index (κ3) is 4.28. The van der Waals surface area contributed by atoms with Gasteiger partial charge in [0.05, 0.1) is 6.61 Å². The minimum absolute atomic E-state index is 0.737. The van der Waals surface area contributed by atoms with Crippen molar-refractivity contribution in [3.8, 4) is 0 Å². The number of rotatable bonds is 7. The van der Waals surface area contributed by atoms with E-state index in [0.717, 1.165) is 31.7 Å². The van der Waals surface area contributed by atoms with Crippen LogP contribution in [0.1, 0.15) is 31.1 Å². The van der Waals surface area contributed by atoms with E-state index in [2.05, 4.69) is 34.2 Å². The fraction of sp³-hybridized carbons (Fsp3) is 0.765. The van der Waals surface area contributed by atoms with Crippen LogP contribution in [0.4, 0.5) is 0 Å². The minimum Gasteiger partial charge on any atom is -0.381 e. The average molecular weight is 308 g/mol. The molecule has 1 aromatic rings. The normalized spacial score (nSPS) is 27.0. The predicted octanol–water partition coefficient (Wildman–Crippen LogP) is 3.07. The lowest BCUT2D eigenvalue weighted by molar-refractivity contribution is 0.139. The lowest BCUT2D eigenvalue weighted by Gasteiger charge is -2.31. The van der Waals surface area contributed by atoms with Gasteiger partial charge in [-0.3, -0.25) is 9.80 Å². The van der Waals surface area contributed by atoms with Gasteiger partial charge in [0, 0.05) is 37.2 Å². The van der Waals surface area contributed by atoms with Crippen LogP contribution in [0.25, 0.3) is 0 Å². The van der Waals surface area contributed by atoms with Crippen LogP contribution in [-0.4, -0.2) is 55.2 Å². The molecule has 4 heteroatoms. The standard InChI is InChI=1S/C17H28N2OS/c1-2-19-8-3-5-16(19)12-18(11-15-7-9-20-14-15)13-17-6-4-10-21-17/h4,6,10,15-16H,2-3,5,7-9,11-14H2,1H3/t15-,16+/m1/s1. The first-order chi connectivity index (χ1) is 10.3. The highest BCUT2D eigenvalue weighted by molar-refractivity contribution is 7.09. The minimum atomic E-state index is 0.737. The Morgan fingerprint density at radius 2 is 2.33 bits per heavy atom. The van der Waals surface area contributed by atoms with Gasteiger partial charge in [-0.2, -0.15) is 0 Å². The van der Waals surface area contributed by atoms with Gasteiger partial charge >= 0.3 is 0 Å². The van der Waals surface area contributed by atoms with Crippen LogP contribution in [-0.2, 0) is 11.3 Å². The van der Waals surface area contributed by atoms with Crippen LogP contribution < -0.4 is 0 Å². The summed E-state index contributed by atoms with van der Waals surface area (Å²) in [4.78, 5) is 6.84. The number of likely N-dealkylation sites (tertiary alicyclic amines) is 1. The molecule has 2 saturated heterocycles. The van der Waals surface area contributed by atoms with E-state index in [1.807, 2.05) is 11.3 Å². The molecule has 0 radical (unpaired) electrons. The van der Waals surface area contributed by atoms with Gasteiger partial charge < -0.3 is 4.74 Å². The number of ether oxygens (including phenoxy) is 1. The monoisotopic (exact) mass is 308 g/mol. The summed E-state index contributed by atoms with van der Waals surface area (Å²) in [5.41, 5.74) is 0. The molecule has 3 heterocycles. The molecule has 118 valence electrons. The number of thiophene rings is 1. The highest BCUT2D eigenvalue weighted by Crippen LogP contribution is 2.22. The van der Waals surface area contributed by atoms with Crippen molar-refractivity contribution in [3.63, 3.8) is 0 Å². The number of likely N-dealkylation sites (N-methyl/N-ethyl adjacent to an activating group) is 1. The van der Waals surface area contributed by atoms with Crippen molar-refractivity contribution >= 4 is 11.3 Å². The van der Waals surface area contributed by atoms with Gasteiger partial charge in [-0.15, -0.1) is 11.3 Å². The van der Waals surface area contributed by atoms with Crippen LogP contribution in [0.5, 0.6) is 0 Å². The van der Waals surface area contributed by atoms with Gasteiger partial charge in [-0.05, 0) is 49.7 Å². The molecule has 0 amide bonds. The molecule has 0 saturated carbocycles. The summed E-state index contributed by atoms with van der Waals surface area (Å²) in [7, 11) is 0. The lowest BCUT2D eigenvalue weighted by atomic mass is 10.1. The molecule has 2 aliphatic heterocycles. The highest BCUT2D eigenvalue weighted by Gasteiger charge is 2.27.